The number of alkyl halides is 1. The van der Waals surface area contributed by atoms with Crippen LogP contribution in [0.25, 0.3) is 5.69 Å². The van der Waals surface area contributed by atoms with Crippen molar-refractivity contribution >= 4 is 11.8 Å². The highest BCUT2D eigenvalue weighted by Gasteiger charge is 2.17. The van der Waals surface area contributed by atoms with Crippen LogP contribution >= 0.6 is 0 Å². The number of aliphatic hydroxyl groups is 1. The van der Waals surface area contributed by atoms with Crippen LogP contribution in [0.15, 0.2) is 24.4 Å². The van der Waals surface area contributed by atoms with E-state index in [0.29, 0.717) is 36.6 Å². The molecule has 10 heteroatoms. The van der Waals surface area contributed by atoms with Gasteiger partial charge in [-0.2, -0.15) is 0 Å². The van der Waals surface area contributed by atoms with E-state index in [2.05, 4.69) is 20.9 Å². The number of benzene rings is 1. The number of ether oxygens (including phenoxy) is 1. The highest BCUT2D eigenvalue weighted by molar-refractivity contribution is 5.95. The molecule has 0 fully saturated rings. The van der Waals surface area contributed by atoms with Crippen LogP contribution in [0, 0.1) is 0 Å². The van der Waals surface area contributed by atoms with Gasteiger partial charge in [-0.15, -0.1) is 5.10 Å². The molecule has 170 valence electrons. The van der Waals surface area contributed by atoms with Crippen molar-refractivity contribution in [1.82, 2.24) is 25.6 Å². The number of carbonyl (C=O) groups excluding carboxylic acids is 2. The van der Waals surface area contributed by atoms with E-state index in [1.165, 1.54) is 10.9 Å². The minimum Gasteiger partial charge on any atom is -0.491 e. The Labute approximate surface area is 181 Å². The van der Waals surface area contributed by atoms with Crippen LogP contribution in [0.2, 0.25) is 0 Å². The van der Waals surface area contributed by atoms with Crippen molar-refractivity contribution in [2.24, 2.45) is 0 Å². The van der Waals surface area contributed by atoms with Crippen molar-refractivity contribution < 1.29 is 23.8 Å². The fourth-order valence-electron chi connectivity index (χ4n) is 2.78. The van der Waals surface area contributed by atoms with Crippen molar-refractivity contribution in [3.63, 3.8) is 0 Å². The molecule has 3 N–H and O–H groups in total. The Morgan fingerprint density at radius 1 is 1.23 bits per heavy atom. The lowest BCUT2D eigenvalue weighted by atomic mass is 10.1. The summed E-state index contributed by atoms with van der Waals surface area (Å²) in [6.07, 6.45) is 4.37. The van der Waals surface area contributed by atoms with Gasteiger partial charge in [-0.25, -0.2) is 4.68 Å². The first-order valence-corrected chi connectivity index (χ1v) is 10.5. The van der Waals surface area contributed by atoms with Gasteiger partial charge in [0.05, 0.1) is 26.1 Å². The number of aromatic nitrogens is 3. The summed E-state index contributed by atoms with van der Waals surface area (Å²) in [7, 11) is 0. The molecule has 0 bridgehead atoms. The second-order valence-corrected chi connectivity index (χ2v) is 7.10. The Hall–Kier alpha value is -3.01. The zero-order chi connectivity index (χ0) is 22.6. The molecule has 1 atom stereocenters. The molecule has 0 saturated carbocycles. The van der Waals surface area contributed by atoms with E-state index in [9.17, 15) is 14.0 Å². The highest BCUT2D eigenvalue weighted by Crippen LogP contribution is 2.25. The summed E-state index contributed by atoms with van der Waals surface area (Å²) in [6, 6.07) is 4.53. The van der Waals surface area contributed by atoms with Crippen LogP contribution in [0.1, 0.15) is 60.4 Å². The molecule has 1 unspecified atom stereocenters. The van der Waals surface area contributed by atoms with Crippen molar-refractivity contribution in [3.05, 3.63) is 35.7 Å². The lowest BCUT2D eigenvalue weighted by Crippen LogP contribution is -2.35. The molecule has 2 rings (SSSR count). The molecule has 1 aromatic heterocycles. The number of nitrogens with zero attached hydrogens (tertiary/aromatic N) is 3. The Bertz CT molecular complexity index is 858. The van der Waals surface area contributed by atoms with Gasteiger partial charge in [0.15, 0.2) is 5.69 Å². The summed E-state index contributed by atoms with van der Waals surface area (Å²) in [5, 5.41) is 22.3. The SMILES string of the molecule is CCNC(=O)c1ccc(-n2cc(C(=O)NC(C)CO)nn2)c(OCCCCCCF)c1. The maximum atomic E-state index is 12.2. The van der Waals surface area contributed by atoms with Gasteiger partial charge >= 0.3 is 0 Å². The summed E-state index contributed by atoms with van der Waals surface area (Å²) in [4.78, 5) is 24.4. The topological polar surface area (TPSA) is 118 Å². The second kappa shape index (κ2) is 12.6. The van der Waals surface area contributed by atoms with Crippen LogP contribution in [0.3, 0.4) is 0 Å². The number of halogens is 1. The minimum absolute atomic E-state index is 0.0882. The molecule has 31 heavy (non-hydrogen) atoms. The molecule has 0 radical (unpaired) electrons. The first kappa shape index (κ1) is 24.3. The largest absolute Gasteiger partial charge is 0.491 e. The Morgan fingerprint density at radius 2 is 2.00 bits per heavy atom. The van der Waals surface area contributed by atoms with E-state index in [0.717, 1.165) is 19.3 Å². The van der Waals surface area contributed by atoms with Gasteiger partial charge in [-0.05, 0) is 51.3 Å². The van der Waals surface area contributed by atoms with Gasteiger partial charge in [0, 0.05) is 18.2 Å². The van der Waals surface area contributed by atoms with Crippen molar-refractivity contribution in [2.75, 3.05) is 26.4 Å². The molecular weight excluding hydrogens is 405 g/mol. The van der Waals surface area contributed by atoms with Gasteiger partial charge in [0.25, 0.3) is 11.8 Å². The van der Waals surface area contributed by atoms with Crippen molar-refractivity contribution in [1.29, 1.82) is 0 Å². The lowest BCUT2D eigenvalue weighted by molar-refractivity contribution is 0.0915. The summed E-state index contributed by atoms with van der Waals surface area (Å²) in [5.41, 5.74) is 1.05. The number of carbonyl (C=O) groups is 2. The maximum absolute atomic E-state index is 12.2. The number of rotatable bonds is 13. The van der Waals surface area contributed by atoms with E-state index >= 15 is 0 Å². The Morgan fingerprint density at radius 3 is 2.71 bits per heavy atom. The molecule has 0 aliphatic heterocycles. The average Bonchev–Trinajstić information content (AvgIpc) is 3.26. The molecule has 0 aliphatic rings. The normalized spacial score (nSPS) is 11.7. The first-order valence-electron chi connectivity index (χ1n) is 10.5. The summed E-state index contributed by atoms with van der Waals surface area (Å²) in [6.45, 7) is 3.89. The van der Waals surface area contributed by atoms with Gasteiger partial charge in [-0.1, -0.05) is 11.6 Å². The molecule has 2 amide bonds. The number of unbranched alkanes of at least 4 members (excludes halogenated alkanes) is 3. The Balaban J connectivity index is 2.20. The average molecular weight is 436 g/mol. The quantitative estimate of drug-likeness (QED) is 0.415. The predicted molar refractivity (Wildman–Crippen MR) is 113 cm³/mol. The third kappa shape index (κ3) is 7.32. The van der Waals surface area contributed by atoms with Crippen LogP contribution in [-0.2, 0) is 0 Å². The van der Waals surface area contributed by atoms with Crippen LogP contribution in [0.4, 0.5) is 4.39 Å². The monoisotopic (exact) mass is 435 g/mol. The van der Waals surface area contributed by atoms with Gasteiger partial charge in [0.2, 0.25) is 0 Å². The molecular formula is C21H30FN5O4. The number of hydrogen-bond donors (Lipinski definition) is 3. The number of aliphatic hydroxyl groups excluding tert-OH is 1. The Kier molecular flexibility index (Phi) is 9.89. The third-order valence-electron chi connectivity index (χ3n) is 4.47. The fraction of sp³-hybridized carbons (Fsp3) is 0.524. The zero-order valence-corrected chi connectivity index (χ0v) is 17.9. The van der Waals surface area contributed by atoms with E-state index in [1.807, 2.05) is 6.92 Å². The first-order chi connectivity index (χ1) is 15.0. The number of amides is 2. The van der Waals surface area contributed by atoms with E-state index < -0.39 is 11.9 Å². The fourth-order valence-corrected chi connectivity index (χ4v) is 2.78. The summed E-state index contributed by atoms with van der Waals surface area (Å²) >= 11 is 0. The zero-order valence-electron chi connectivity index (χ0n) is 17.9. The molecule has 0 aliphatic carbocycles. The summed E-state index contributed by atoms with van der Waals surface area (Å²) in [5.74, 6) is -0.254. The van der Waals surface area contributed by atoms with Gasteiger partial charge in [-0.3, -0.25) is 14.0 Å². The van der Waals surface area contributed by atoms with Crippen LogP contribution in [0.5, 0.6) is 5.75 Å². The second-order valence-electron chi connectivity index (χ2n) is 7.10. The number of nitrogens with one attached hydrogen (secondary N) is 2. The number of hydrogen-bond acceptors (Lipinski definition) is 6. The maximum Gasteiger partial charge on any atom is 0.273 e. The van der Waals surface area contributed by atoms with Crippen molar-refractivity contribution in [2.45, 2.75) is 45.6 Å². The van der Waals surface area contributed by atoms with E-state index in [-0.39, 0.29) is 24.9 Å². The minimum atomic E-state index is -0.456. The highest BCUT2D eigenvalue weighted by atomic mass is 19.1. The molecule has 2 aromatic rings. The molecule has 1 heterocycles. The smallest absolute Gasteiger partial charge is 0.273 e. The van der Waals surface area contributed by atoms with Gasteiger partial charge in [0.1, 0.15) is 11.4 Å². The van der Waals surface area contributed by atoms with Crippen LogP contribution < -0.4 is 15.4 Å². The third-order valence-corrected chi connectivity index (χ3v) is 4.47. The van der Waals surface area contributed by atoms with E-state index in [4.69, 9.17) is 9.84 Å². The standard InChI is InChI=1S/C21H30FN5O4/c1-3-23-20(29)16-8-9-18(19(12-16)31-11-7-5-4-6-10-22)27-13-17(25-26-27)21(30)24-15(2)14-28/h8-9,12-13,15,28H,3-7,10-11,14H2,1-2H3,(H,23,29)(H,24,30). The molecule has 0 saturated heterocycles. The lowest BCUT2D eigenvalue weighted by Gasteiger charge is -2.13. The molecule has 0 spiro atoms. The van der Waals surface area contributed by atoms with Gasteiger partial charge < -0.3 is 20.5 Å². The molecule has 1 aromatic carbocycles. The van der Waals surface area contributed by atoms with Crippen molar-refractivity contribution in [3.8, 4) is 11.4 Å². The summed E-state index contributed by atoms with van der Waals surface area (Å²) < 4.78 is 19.5. The van der Waals surface area contributed by atoms with E-state index in [1.54, 1.807) is 25.1 Å². The molecule has 9 nitrogen and oxygen atoms in total. The van der Waals surface area contributed by atoms with Crippen LogP contribution in [-0.4, -0.2) is 64.4 Å². The predicted octanol–water partition coefficient (Wildman–Crippen LogP) is 2.04.